The molecule has 1 aromatic carbocycles. The zero-order valence-corrected chi connectivity index (χ0v) is 16.3. The summed E-state index contributed by atoms with van der Waals surface area (Å²) in [5.41, 5.74) is 2.23. The zero-order chi connectivity index (χ0) is 19.5. The fourth-order valence-electron chi connectivity index (χ4n) is 3.68. The second-order valence-corrected chi connectivity index (χ2v) is 7.27. The topological polar surface area (TPSA) is 77.1 Å². The van der Waals surface area contributed by atoms with E-state index in [9.17, 15) is 4.79 Å². The van der Waals surface area contributed by atoms with Crippen LogP contribution < -0.4 is 0 Å². The Balaban J connectivity index is 1.48. The molecule has 0 saturated heterocycles. The van der Waals surface area contributed by atoms with Crippen molar-refractivity contribution in [1.82, 2.24) is 24.8 Å². The molecule has 0 N–H and O–H groups in total. The van der Waals surface area contributed by atoms with Crippen LogP contribution >= 0.6 is 0 Å². The first kappa shape index (κ1) is 18.4. The first-order valence-corrected chi connectivity index (χ1v) is 9.92. The first-order valence-electron chi connectivity index (χ1n) is 9.92. The van der Waals surface area contributed by atoms with Gasteiger partial charge in [-0.05, 0) is 43.2 Å². The minimum absolute atomic E-state index is 0.0128. The van der Waals surface area contributed by atoms with Gasteiger partial charge in [0.1, 0.15) is 0 Å². The number of hydrogen-bond acceptors (Lipinski definition) is 5. The van der Waals surface area contributed by atoms with E-state index in [1.807, 2.05) is 49.3 Å². The average Bonchev–Trinajstić information content (AvgIpc) is 3.43. The van der Waals surface area contributed by atoms with Crippen LogP contribution in [0.3, 0.4) is 0 Å². The molecule has 1 fully saturated rings. The first-order chi connectivity index (χ1) is 13.7. The minimum atomic E-state index is -0.0128. The highest BCUT2D eigenvalue weighted by molar-refractivity contribution is 5.92. The van der Waals surface area contributed by atoms with Crippen molar-refractivity contribution in [3.8, 4) is 17.1 Å². The molecule has 2 heterocycles. The summed E-state index contributed by atoms with van der Waals surface area (Å²) in [6.07, 6.45) is 8.37. The molecular weight excluding hydrogens is 354 g/mol. The van der Waals surface area contributed by atoms with Crippen molar-refractivity contribution < 1.29 is 9.32 Å². The lowest BCUT2D eigenvalue weighted by molar-refractivity contribution is 0.0690. The number of hydrogen-bond donors (Lipinski definition) is 0. The van der Waals surface area contributed by atoms with Gasteiger partial charge in [-0.2, -0.15) is 10.1 Å². The van der Waals surface area contributed by atoms with Crippen molar-refractivity contribution in [2.24, 2.45) is 0 Å². The van der Waals surface area contributed by atoms with E-state index in [0.717, 1.165) is 24.1 Å². The average molecular weight is 379 g/mol. The van der Waals surface area contributed by atoms with Crippen molar-refractivity contribution in [2.45, 2.75) is 51.5 Å². The van der Waals surface area contributed by atoms with Crippen molar-refractivity contribution in [3.63, 3.8) is 0 Å². The summed E-state index contributed by atoms with van der Waals surface area (Å²) < 4.78 is 6.89. The molecule has 28 heavy (non-hydrogen) atoms. The number of nitrogens with zero attached hydrogens (tertiary/aromatic N) is 5. The Morgan fingerprint density at radius 3 is 2.61 bits per heavy atom. The smallest absolute Gasteiger partial charge is 0.274 e. The third kappa shape index (κ3) is 3.69. The fourth-order valence-corrected chi connectivity index (χ4v) is 3.68. The Hall–Kier alpha value is -2.96. The van der Waals surface area contributed by atoms with Crippen LogP contribution in [0.2, 0.25) is 0 Å². The van der Waals surface area contributed by atoms with E-state index in [0.29, 0.717) is 29.9 Å². The zero-order valence-electron chi connectivity index (χ0n) is 16.3. The van der Waals surface area contributed by atoms with Gasteiger partial charge in [-0.25, -0.2) is 4.68 Å². The van der Waals surface area contributed by atoms with E-state index < -0.39 is 0 Å². The Morgan fingerprint density at radius 1 is 1.18 bits per heavy atom. The minimum Gasteiger partial charge on any atom is -0.339 e. The molecule has 0 spiro atoms. The van der Waals surface area contributed by atoms with E-state index in [4.69, 9.17) is 4.52 Å². The summed E-state index contributed by atoms with van der Waals surface area (Å²) in [5, 5.41) is 8.48. The molecule has 1 saturated carbocycles. The number of benzene rings is 1. The predicted octanol–water partition coefficient (Wildman–Crippen LogP) is 3.89. The molecule has 1 aliphatic carbocycles. The van der Waals surface area contributed by atoms with E-state index in [-0.39, 0.29) is 5.91 Å². The van der Waals surface area contributed by atoms with E-state index in [1.54, 1.807) is 10.7 Å². The highest BCUT2D eigenvalue weighted by atomic mass is 16.5. The van der Waals surface area contributed by atoms with Crippen LogP contribution in [0.25, 0.3) is 17.1 Å². The van der Waals surface area contributed by atoms with Gasteiger partial charge in [0.15, 0.2) is 5.69 Å². The van der Waals surface area contributed by atoms with E-state index >= 15 is 0 Å². The van der Waals surface area contributed by atoms with Gasteiger partial charge in [0.25, 0.3) is 5.91 Å². The molecule has 0 radical (unpaired) electrons. The van der Waals surface area contributed by atoms with Gasteiger partial charge in [0.2, 0.25) is 11.7 Å². The number of carbonyl (C=O) groups excluding carboxylic acids is 1. The van der Waals surface area contributed by atoms with Gasteiger partial charge in [-0.15, -0.1) is 0 Å². The Labute approximate surface area is 164 Å². The molecule has 4 rings (SSSR count). The summed E-state index contributed by atoms with van der Waals surface area (Å²) in [6, 6.07) is 9.83. The summed E-state index contributed by atoms with van der Waals surface area (Å²) >= 11 is 0. The molecule has 0 bridgehead atoms. The number of rotatable bonds is 5. The largest absolute Gasteiger partial charge is 0.339 e. The molecule has 0 atom stereocenters. The molecule has 7 nitrogen and oxygen atoms in total. The Kier molecular flexibility index (Phi) is 5.23. The monoisotopic (exact) mass is 379 g/mol. The second kappa shape index (κ2) is 7.96. The standard InChI is InChI=1S/C21H25N5O2/c1-3-19-22-20(24-28-19)15-9-11-17(12-10-15)26-14-13-18(23-26)21(27)25(2)16-7-5-4-6-8-16/h9-14,16H,3-8H2,1-2H3. The van der Waals surface area contributed by atoms with Gasteiger partial charge in [-0.3, -0.25) is 4.79 Å². The van der Waals surface area contributed by atoms with Crippen LogP contribution in [0.5, 0.6) is 0 Å². The number of carbonyl (C=O) groups is 1. The van der Waals surface area contributed by atoms with Crippen LogP contribution in [-0.4, -0.2) is 43.8 Å². The van der Waals surface area contributed by atoms with Crippen molar-refractivity contribution in [1.29, 1.82) is 0 Å². The molecule has 0 unspecified atom stereocenters. The van der Waals surface area contributed by atoms with E-state index in [2.05, 4.69) is 15.2 Å². The quantitative estimate of drug-likeness (QED) is 0.672. The predicted molar refractivity (Wildman–Crippen MR) is 105 cm³/mol. The van der Waals surface area contributed by atoms with Gasteiger partial charge in [0, 0.05) is 31.3 Å². The maximum Gasteiger partial charge on any atom is 0.274 e. The van der Waals surface area contributed by atoms with Crippen molar-refractivity contribution in [3.05, 3.63) is 48.1 Å². The summed E-state index contributed by atoms with van der Waals surface area (Å²) in [5.74, 6) is 1.19. The molecule has 1 aliphatic rings. The third-order valence-electron chi connectivity index (χ3n) is 5.41. The molecular formula is C21H25N5O2. The van der Waals surface area contributed by atoms with Crippen LogP contribution in [0, 0.1) is 0 Å². The van der Waals surface area contributed by atoms with E-state index in [1.165, 1.54) is 19.3 Å². The number of aromatic nitrogens is 4. The maximum atomic E-state index is 12.8. The molecule has 146 valence electrons. The Morgan fingerprint density at radius 2 is 1.93 bits per heavy atom. The number of aryl methyl sites for hydroxylation is 1. The second-order valence-electron chi connectivity index (χ2n) is 7.27. The highest BCUT2D eigenvalue weighted by Crippen LogP contribution is 2.23. The third-order valence-corrected chi connectivity index (χ3v) is 5.41. The van der Waals surface area contributed by atoms with Gasteiger partial charge >= 0.3 is 0 Å². The summed E-state index contributed by atoms with van der Waals surface area (Å²) in [7, 11) is 1.89. The lowest BCUT2D eigenvalue weighted by atomic mass is 9.94. The molecule has 3 aromatic rings. The maximum absolute atomic E-state index is 12.8. The summed E-state index contributed by atoms with van der Waals surface area (Å²) in [4.78, 5) is 19.0. The van der Waals surface area contributed by atoms with Crippen molar-refractivity contribution >= 4 is 5.91 Å². The number of amides is 1. The van der Waals surface area contributed by atoms with Gasteiger partial charge in [-0.1, -0.05) is 31.3 Å². The lowest BCUT2D eigenvalue weighted by Crippen LogP contribution is -2.38. The summed E-state index contributed by atoms with van der Waals surface area (Å²) in [6.45, 7) is 1.97. The Bertz CT molecular complexity index is 938. The molecule has 2 aromatic heterocycles. The van der Waals surface area contributed by atoms with Crippen LogP contribution in [0.15, 0.2) is 41.1 Å². The molecule has 0 aliphatic heterocycles. The van der Waals surface area contributed by atoms with Crippen molar-refractivity contribution in [2.75, 3.05) is 7.05 Å². The van der Waals surface area contributed by atoms with Crippen LogP contribution in [0.4, 0.5) is 0 Å². The SMILES string of the molecule is CCc1nc(-c2ccc(-n3ccc(C(=O)N(C)C4CCCCC4)n3)cc2)no1. The lowest BCUT2D eigenvalue weighted by Gasteiger charge is -2.30. The fraction of sp³-hybridized carbons (Fsp3) is 0.429. The van der Waals surface area contributed by atoms with Crippen LogP contribution in [0.1, 0.15) is 55.4 Å². The molecule has 1 amide bonds. The van der Waals surface area contributed by atoms with Gasteiger partial charge in [0.05, 0.1) is 5.69 Å². The molecule has 7 heteroatoms. The highest BCUT2D eigenvalue weighted by Gasteiger charge is 2.24. The van der Waals surface area contributed by atoms with Gasteiger partial charge < -0.3 is 9.42 Å². The normalized spacial score (nSPS) is 14.9. The van der Waals surface area contributed by atoms with Crippen LogP contribution in [-0.2, 0) is 6.42 Å².